The van der Waals surface area contributed by atoms with Crippen molar-refractivity contribution in [3.8, 4) is 0 Å². The molecule has 92 valence electrons. The molecule has 1 aromatic rings. The van der Waals surface area contributed by atoms with Gasteiger partial charge in [0.25, 0.3) is 0 Å². The van der Waals surface area contributed by atoms with Gasteiger partial charge in [0.2, 0.25) is 0 Å². The van der Waals surface area contributed by atoms with Crippen molar-refractivity contribution in [2.45, 2.75) is 42.9 Å². The highest BCUT2D eigenvalue weighted by Gasteiger charge is 2.33. The minimum Gasteiger partial charge on any atom is -0.353 e. The summed E-state index contributed by atoms with van der Waals surface area (Å²) in [6, 6.07) is 8.54. The average Bonchev–Trinajstić information content (AvgIpc) is 2.68. The van der Waals surface area contributed by atoms with Gasteiger partial charge in [0.15, 0.2) is 6.29 Å². The predicted molar refractivity (Wildman–Crippen MR) is 70.3 cm³/mol. The van der Waals surface area contributed by atoms with Crippen molar-refractivity contribution >= 4 is 15.9 Å². The van der Waals surface area contributed by atoms with E-state index in [2.05, 4.69) is 40.2 Å². The molecule has 1 fully saturated rings. The molecule has 0 aromatic heterocycles. The lowest BCUT2D eigenvalue weighted by Gasteiger charge is -2.27. The summed E-state index contributed by atoms with van der Waals surface area (Å²) in [5.74, 6) is 0. The zero-order valence-electron chi connectivity index (χ0n) is 9.77. The lowest BCUT2D eigenvalue weighted by atomic mass is 10.1. The van der Waals surface area contributed by atoms with E-state index in [1.807, 2.05) is 0 Å². The molecule has 1 saturated heterocycles. The van der Waals surface area contributed by atoms with Crippen LogP contribution in [0.2, 0.25) is 0 Å². The van der Waals surface area contributed by atoms with Crippen molar-refractivity contribution in [2.24, 2.45) is 0 Å². The van der Waals surface area contributed by atoms with E-state index in [1.54, 1.807) is 0 Å². The Morgan fingerprint density at radius 2 is 2.12 bits per heavy atom. The first-order chi connectivity index (χ1) is 8.34. The molecule has 0 saturated carbocycles. The van der Waals surface area contributed by atoms with E-state index in [1.165, 1.54) is 24.0 Å². The third-order valence-corrected chi connectivity index (χ3v) is 4.35. The van der Waals surface area contributed by atoms with Gasteiger partial charge in [-0.25, -0.2) is 0 Å². The van der Waals surface area contributed by atoms with Crippen LogP contribution in [0.15, 0.2) is 24.3 Å². The van der Waals surface area contributed by atoms with Gasteiger partial charge in [0, 0.05) is 11.4 Å². The minimum atomic E-state index is -0.0139. The van der Waals surface area contributed by atoms with Gasteiger partial charge in [-0.05, 0) is 36.8 Å². The smallest absolute Gasteiger partial charge is 0.158 e. The summed E-state index contributed by atoms with van der Waals surface area (Å²) < 4.78 is 11.8. The summed E-state index contributed by atoms with van der Waals surface area (Å²) in [5.41, 5.74) is 2.72. The molecule has 2 aliphatic rings. The highest BCUT2D eigenvalue weighted by molar-refractivity contribution is 9.09. The van der Waals surface area contributed by atoms with E-state index in [0.29, 0.717) is 4.83 Å². The van der Waals surface area contributed by atoms with Gasteiger partial charge in [0.05, 0.1) is 6.10 Å². The molecule has 3 unspecified atom stereocenters. The van der Waals surface area contributed by atoms with E-state index in [-0.39, 0.29) is 12.4 Å². The molecule has 3 rings (SSSR count). The largest absolute Gasteiger partial charge is 0.353 e. The zero-order valence-corrected chi connectivity index (χ0v) is 11.4. The monoisotopic (exact) mass is 296 g/mol. The van der Waals surface area contributed by atoms with Crippen molar-refractivity contribution in [3.05, 3.63) is 35.4 Å². The Morgan fingerprint density at radius 1 is 1.24 bits per heavy atom. The number of hydrogen-bond acceptors (Lipinski definition) is 2. The van der Waals surface area contributed by atoms with Crippen LogP contribution in [0.4, 0.5) is 0 Å². The summed E-state index contributed by atoms with van der Waals surface area (Å²) in [4.78, 5) is 0.380. The number of halogens is 1. The molecule has 0 amide bonds. The van der Waals surface area contributed by atoms with Crippen molar-refractivity contribution < 1.29 is 9.47 Å². The Kier molecular flexibility index (Phi) is 3.50. The fourth-order valence-electron chi connectivity index (χ4n) is 2.65. The molecule has 0 spiro atoms. The molecule has 0 N–H and O–H groups in total. The number of fused-ring (bicyclic) bond motifs is 1. The molecule has 3 heteroatoms. The SMILES string of the molecule is BrC1Cc2ccccc2C1OC1CCCCO1. The number of benzene rings is 1. The van der Waals surface area contributed by atoms with Crippen LogP contribution >= 0.6 is 15.9 Å². The highest BCUT2D eigenvalue weighted by atomic mass is 79.9. The first-order valence-electron chi connectivity index (χ1n) is 6.33. The van der Waals surface area contributed by atoms with Crippen LogP contribution in [-0.4, -0.2) is 17.7 Å². The Bertz CT molecular complexity index is 388. The molecule has 1 aromatic carbocycles. The maximum Gasteiger partial charge on any atom is 0.158 e. The summed E-state index contributed by atoms with van der Waals surface area (Å²) in [7, 11) is 0. The van der Waals surface area contributed by atoms with Gasteiger partial charge in [-0.2, -0.15) is 0 Å². The van der Waals surface area contributed by atoms with Crippen LogP contribution < -0.4 is 0 Å². The average molecular weight is 297 g/mol. The first-order valence-corrected chi connectivity index (χ1v) is 7.25. The van der Waals surface area contributed by atoms with Crippen LogP contribution in [0, 0.1) is 0 Å². The van der Waals surface area contributed by atoms with Gasteiger partial charge < -0.3 is 9.47 Å². The molecule has 17 heavy (non-hydrogen) atoms. The predicted octanol–water partition coefficient (Wildman–Crippen LogP) is 3.59. The Labute approximate surface area is 110 Å². The van der Waals surface area contributed by atoms with E-state index < -0.39 is 0 Å². The maximum absolute atomic E-state index is 6.12. The van der Waals surface area contributed by atoms with Gasteiger partial charge in [-0.1, -0.05) is 40.2 Å². The Hall–Kier alpha value is -0.380. The molecule has 2 nitrogen and oxygen atoms in total. The van der Waals surface area contributed by atoms with Crippen molar-refractivity contribution in [1.82, 2.24) is 0 Å². The van der Waals surface area contributed by atoms with Gasteiger partial charge in [-0.15, -0.1) is 0 Å². The molecular formula is C14H17BrO2. The molecule has 1 heterocycles. The van der Waals surface area contributed by atoms with Crippen LogP contribution in [-0.2, 0) is 15.9 Å². The van der Waals surface area contributed by atoms with Gasteiger partial charge in [-0.3, -0.25) is 0 Å². The normalized spacial score (nSPS) is 32.4. The van der Waals surface area contributed by atoms with Crippen LogP contribution in [0.25, 0.3) is 0 Å². The topological polar surface area (TPSA) is 18.5 Å². The third-order valence-electron chi connectivity index (χ3n) is 3.54. The number of rotatable bonds is 2. The Morgan fingerprint density at radius 3 is 2.94 bits per heavy atom. The minimum absolute atomic E-state index is 0.0139. The lowest BCUT2D eigenvalue weighted by Crippen LogP contribution is -2.26. The van der Waals surface area contributed by atoms with E-state index in [0.717, 1.165) is 19.4 Å². The van der Waals surface area contributed by atoms with Crippen LogP contribution in [0.3, 0.4) is 0 Å². The summed E-state index contributed by atoms with van der Waals surface area (Å²) >= 11 is 3.73. The van der Waals surface area contributed by atoms with Gasteiger partial charge in [0.1, 0.15) is 0 Å². The zero-order chi connectivity index (χ0) is 11.7. The number of hydrogen-bond donors (Lipinski definition) is 0. The van der Waals surface area contributed by atoms with E-state index in [4.69, 9.17) is 9.47 Å². The molecule has 0 bridgehead atoms. The third kappa shape index (κ3) is 2.42. The second-order valence-corrected chi connectivity index (χ2v) is 5.95. The van der Waals surface area contributed by atoms with E-state index in [9.17, 15) is 0 Å². The quantitative estimate of drug-likeness (QED) is 0.777. The highest BCUT2D eigenvalue weighted by Crippen LogP contribution is 2.39. The summed E-state index contributed by atoms with van der Waals surface area (Å²) in [5, 5.41) is 0. The maximum atomic E-state index is 6.12. The molecule has 1 aliphatic carbocycles. The summed E-state index contributed by atoms with van der Waals surface area (Å²) in [6.45, 7) is 0.839. The standard InChI is InChI=1S/C14H17BrO2/c15-12-9-10-5-1-2-6-11(10)14(12)17-13-7-3-4-8-16-13/h1-2,5-6,12-14H,3-4,7-9H2. The molecule has 0 radical (unpaired) electrons. The van der Waals surface area contributed by atoms with Crippen molar-refractivity contribution in [2.75, 3.05) is 6.61 Å². The Balaban J connectivity index is 1.74. The van der Waals surface area contributed by atoms with Crippen molar-refractivity contribution in [3.63, 3.8) is 0 Å². The molecule has 3 atom stereocenters. The summed E-state index contributed by atoms with van der Waals surface area (Å²) in [6.07, 6.45) is 4.59. The first kappa shape index (κ1) is 11.7. The van der Waals surface area contributed by atoms with Crippen LogP contribution in [0.1, 0.15) is 36.5 Å². The lowest BCUT2D eigenvalue weighted by molar-refractivity contribution is -0.187. The fraction of sp³-hybridized carbons (Fsp3) is 0.571. The second-order valence-electron chi connectivity index (χ2n) is 4.77. The number of ether oxygens (including phenoxy) is 2. The number of alkyl halides is 1. The fourth-order valence-corrected chi connectivity index (χ4v) is 3.41. The molecular weight excluding hydrogens is 280 g/mol. The second kappa shape index (κ2) is 5.09. The van der Waals surface area contributed by atoms with E-state index >= 15 is 0 Å². The molecule has 1 aliphatic heterocycles. The van der Waals surface area contributed by atoms with Crippen molar-refractivity contribution in [1.29, 1.82) is 0 Å². The van der Waals surface area contributed by atoms with Gasteiger partial charge >= 0.3 is 0 Å². The van der Waals surface area contributed by atoms with Crippen LogP contribution in [0.5, 0.6) is 0 Å².